The molecule has 0 bridgehead atoms. The minimum atomic E-state index is 0.00969. The van der Waals surface area contributed by atoms with Crippen LogP contribution in [0.4, 0.5) is 6.01 Å². The smallest absolute Gasteiger partial charge is 0.321 e. The summed E-state index contributed by atoms with van der Waals surface area (Å²) in [5, 5.41) is 18.2. The number of aromatic nitrogens is 2. The van der Waals surface area contributed by atoms with E-state index in [9.17, 15) is 0 Å². The minimum Gasteiger partial charge on any atom is -0.396 e. The predicted molar refractivity (Wildman–Crippen MR) is 70.8 cm³/mol. The highest BCUT2D eigenvalue weighted by Gasteiger charge is 2.16. The molecule has 5 nitrogen and oxygen atoms in total. The molecule has 0 aliphatic heterocycles. The SMILES string of the molecule is CC(C)c1noc(NC(CCO)c2cccs2)n1. The highest BCUT2D eigenvalue weighted by Crippen LogP contribution is 2.26. The van der Waals surface area contributed by atoms with Gasteiger partial charge in [0.25, 0.3) is 0 Å². The van der Waals surface area contributed by atoms with Crippen molar-refractivity contribution < 1.29 is 9.63 Å². The van der Waals surface area contributed by atoms with Crippen LogP contribution < -0.4 is 5.32 Å². The van der Waals surface area contributed by atoms with Crippen LogP contribution in [0, 0.1) is 0 Å². The van der Waals surface area contributed by atoms with Crippen LogP contribution in [-0.2, 0) is 0 Å². The van der Waals surface area contributed by atoms with Crippen molar-refractivity contribution in [1.29, 1.82) is 0 Å². The van der Waals surface area contributed by atoms with Crippen molar-refractivity contribution in [2.45, 2.75) is 32.2 Å². The summed E-state index contributed by atoms with van der Waals surface area (Å²) in [6.45, 7) is 4.14. The van der Waals surface area contributed by atoms with Crippen LogP contribution in [0.2, 0.25) is 0 Å². The van der Waals surface area contributed by atoms with Crippen LogP contribution in [0.5, 0.6) is 0 Å². The van der Waals surface area contributed by atoms with Crippen molar-refractivity contribution in [2.75, 3.05) is 11.9 Å². The third kappa shape index (κ3) is 3.08. The molecule has 0 aliphatic carbocycles. The van der Waals surface area contributed by atoms with Crippen LogP contribution in [0.25, 0.3) is 0 Å². The van der Waals surface area contributed by atoms with Gasteiger partial charge in [-0.25, -0.2) is 0 Å². The lowest BCUT2D eigenvalue weighted by Gasteiger charge is -2.13. The Labute approximate surface area is 110 Å². The molecule has 0 fully saturated rings. The Morgan fingerprint density at radius 3 is 2.89 bits per heavy atom. The van der Waals surface area contributed by atoms with Gasteiger partial charge in [0.2, 0.25) is 0 Å². The maximum atomic E-state index is 9.10. The summed E-state index contributed by atoms with van der Waals surface area (Å²) in [6, 6.07) is 4.43. The second-order valence-corrected chi connectivity index (χ2v) is 5.32. The zero-order chi connectivity index (χ0) is 13.0. The van der Waals surface area contributed by atoms with Gasteiger partial charge in [-0.3, -0.25) is 0 Å². The van der Waals surface area contributed by atoms with E-state index in [1.165, 1.54) is 0 Å². The number of nitrogens with one attached hydrogen (secondary N) is 1. The van der Waals surface area contributed by atoms with Crippen molar-refractivity contribution in [3.05, 3.63) is 28.2 Å². The number of hydrogen-bond acceptors (Lipinski definition) is 6. The number of aliphatic hydroxyl groups is 1. The summed E-state index contributed by atoms with van der Waals surface area (Å²) in [5.74, 6) is 0.925. The standard InChI is InChI=1S/C12H17N3O2S/c1-8(2)11-14-12(17-15-11)13-9(5-6-16)10-4-3-7-18-10/h3-4,7-9,16H,5-6H2,1-2H3,(H,13,14,15). The normalized spacial score (nSPS) is 12.9. The van der Waals surface area contributed by atoms with Gasteiger partial charge < -0.3 is 14.9 Å². The molecule has 2 rings (SSSR count). The number of nitrogens with zero attached hydrogens (tertiary/aromatic N) is 2. The van der Waals surface area contributed by atoms with Gasteiger partial charge in [0.1, 0.15) is 0 Å². The summed E-state index contributed by atoms with van der Waals surface area (Å²) >= 11 is 1.64. The zero-order valence-electron chi connectivity index (χ0n) is 10.5. The molecule has 2 aromatic rings. The molecule has 2 heterocycles. The maximum absolute atomic E-state index is 9.10. The van der Waals surface area contributed by atoms with Gasteiger partial charge in [0, 0.05) is 17.4 Å². The second kappa shape index (κ2) is 5.97. The number of anilines is 1. The first-order valence-electron chi connectivity index (χ1n) is 5.95. The van der Waals surface area contributed by atoms with Gasteiger partial charge in [-0.1, -0.05) is 25.1 Å². The van der Waals surface area contributed by atoms with Crippen LogP contribution in [0.1, 0.15) is 42.9 Å². The molecular formula is C12H17N3O2S. The molecule has 0 aromatic carbocycles. The lowest BCUT2D eigenvalue weighted by molar-refractivity contribution is 0.279. The fourth-order valence-corrected chi connectivity index (χ4v) is 2.39. The molecule has 18 heavy (non-hydrogen) atoms. The lowest BCUT2D eigenvalue weighted by Crippen LogP contribution is -2.11. The monoisotopic (exact) mass is 267 g/mol. The lowest BCUT2D eigenvalue weighted by atomic mass is 10.2. The Morgan fingerprint density at radius 2 is 2.33 bits per heavy atom. The Hall–Kier alpha value is -1.40. The molecule has 0 saturated carbocycles. The minimum absolute atomic E-state index is 0.00969. The van der Waals surface area contributed by atoms with E-state index >= 15 is 0 Å². The molecule has 98 valence electrons. The number of rotatable bonds is 6. The van der Waals surface area contributed by atoms with E-state index in [1.54, 1.807) is 11.3 Å². The van der Waals surface area contributed by atoms with E-state index in [1.807, 2.05) is 31.4 Å². The molecule has 6 heteroatoms. The highest BCUT2D eigenvalue weighted by atomic mass is 32.1. The number of aliphatic hydroxyl groups excluding tert-OH is 1. The first-order valence-corrected chi connectivity index (χ1v) is 6.83. The molecule has 0 saturated heterocycles. The Kier molecular flexibility index (Phi) is 4.33. The van der Waals surface area contributed by atoms with E-state index in [0.717, 1.165) is 4.88 Å². The number of hydrogen-bond donors (Lipinski definition) is 2. The fraction of sp³-hybridized carbons (Fsp3) is 0.500. The van der Waals surface area contributed by atoms with Gasteiger partial charge in [-0.2, -0.15) is 4.98 Å². The van der Waals surface area contributed by atoms with Crippen LogP contribution in [-0.4, -0.2) is 21.9 Å². The molecular weight excluding hydrogens is 250 g/mol. The maximum Gasteiger partial charge on any atom is 0.321 e. The van der Waals surface area contributed by atoms with E-state index < -0.39 is 0 Å². The zero-order valence-corrected chi connectivity index (χ0v) is 11.3. The van der Waals surface area contributed by atoms with Crippen molar-refractivity contribution in [1.82, 2.24) is 10.1 Å². The summed E-state index contributed by atoms with van der Waals surface area (Å²) in [4.78, 5) is 5.42. The molecule has 2 N–H and O–H groups in total. The Morgan fingerprint density at radius 1 is 1.50 bits per heavy atom. The third-order valence-corrected chi connectivity index (χ3v) is 3.55. The molecule has 0 aliphatic rings. The summed E-state index contributed by atoms with van der Waals surface area (Å²) < 4.78 is 5.15. The molecule has 2 aromatic heterocycles. The summed E-state index contributed by atoms with van der Waals surface area (Å²) in [5.41, 5.74) is 0. The van der Waals surface area contributed by atoms with Gasteiger partial charge in [-0.05, 0) is 17.9 Å². The topological polar surface area (TPSA) is 71.2 Å². The van der Waals surface area contributed by atoms with E-state index in [0.29, 0.717) is 18.3 Å². The Bertz CT molecular complexity index is 467. The van der Waals surface area contributed by atoms with Crippen LogP contribution in [0.15, 0.2) is 22.0 Å². The molecule has 1 unspecified atom stereocenters. The second-order valence-electron chi connectivity index (χ2n) is 4.34. The van der Waals surface area contributed by atoms with Gasteiger partial charge >= 0.3 is 6.01 Å². The third-order valence-electron chi connectivity index (χ3n) is 2.56. The summed E-state index contributed by atoms with van der Waals surface area (Å²) in [7, 11) is 0. The Balaban J connectivity index is 2.08. The van der Waals surface area contributed by atoms with E-state index in [4.69, 9.17) is 9.63 Å². The molecule has 0 radical (unpaired) electrons. The van der Waals surface area contributed by atoms with E-state index in [2.05, 4.69) is 15.5 Å². The number of thiophene rings is 1. The van der Waals surface area contributed by atoms with Crippen LogP contribution in [0.3, 0.4) is 0 Å². The van der Waals surface area contributed by atoms with E-state index in [-0.39, 0.29) is 18.6 Å². The first-order chi connectivity index (χ1) is 8.70. The van der Waals surface area contributed by atoms with Gasteiger partial charge in [-0.15, -0.1) is 11.3 Å². The van der Waals surface area contributed by atoms with Crippen molar-refractivity contribution in [3.8, 4) is 0 Å². The first kappa shape index (κ1) is 13.0. The fourth-order valence-electron chi connectivity index (χ4n) is 1.58. The molecule has 1 atom stereocenters. The molecule has 0 spiro atoms. The average molecular weight is 267 g/mol. The van der Waals surface area contributed by atoms with Crippen molar-refractivity contribution in [3.63, 3.8) is 0 Å². The summed E-state index contributed by atoms with van der Waals surface area (Å²) in [6.07, 6.45) is 0.611. The highest BCUT2D eigenvalue weighted by molar-refractivity contribution is 7.10. The quantitative estimate of drug-likeness (QED) is 0.842. The van der Waals surface area contributed by atoms with Crippen LogP contribution >= 0.6 is 11.3 Å². The average Bonchev–Trinajstić information content (AvgIpc) is 2.99. The van der Waals surface area contributed by atoms with Crippen molar-refractivity contribution in [2.24, 2.45) is 0 Å². The van der Waals surface area contributed by atoms with Crippen molar-refractivity contribution >= 4 is 17.4 Å². The largest absolute Gasteiger partial charge is 0.396 e. The predicted octanol–water partition coefficient (Wildman–Crippen LogP) is 2.79. The van der Waals surface area contributed by atoms with Gasteiger partial charge in [0.15, 0.2) is 5.82 Å². The van der Waals surface area contributed by atoms with Gasteiger partial charge in [0.05, 0.1) is 6.04 Å². The molecule has 0 amide bonds.